The van der Waals surface area contributed by atoms with E-state index in [1.807, 2.05) is 0 Å². The van der Waals surface area contributed by atoms with Gasteiger partial charge in [0.1, 0.15) is 0 Å². The van der Waals surface area contributed by atoms with E-state index in [2.05, 4.69) is 54.4 Å². The monoisotopic (exact) mass is 253 g/mol. The highest BCUT2D eigenvalue weighted by Gasteiger charge is 2.04. The van der Waals surface area contributed by atoms with Crippen LogP contribution in [-0.2, 0) is 12.8 Å². The van der Waals surface area contributed by atoms with E-state index in [1.54, 1.807) is 0 Å². The van der Waals surface area contributed by atoms with Crippen molar-refractivity contribution in [3.8, 4) is 0 Å². The Morgan fingerprint density at radius 3 is 2.79 bits per heavy atom. The summed E-state index contributed by atoms with van der Waals surface area (Å²) in [6.07, 6.45) is 7.03. The Morgan fingerprint density at radius 2 is 2.14 bits per heavy atom. The molecule has 1 heteroatoms. The first-order valence-corrected chi connectivity index (χ1v) is 6.13. The second-order valence-electron chi connectivity index (χ2n) is 3.53. The molecule has 1 radical (unpaired) electrons. The predicted octanol–water partition coefficient (Wildman–Crippen LogP) is 4.56. The topological polar surface area (TPSA) is 0 Å². The molecule has 0 amide bonds. The number of rotatable bonds is 5. The minimum absolute atomic E-state index is 1.13. The Bertz CT molecular complexity index is 279. The van der Waals surface area contributed by atoms with Gasteiger partial charge in [0.05, 0.1) is 0 Å². The van der Waals surface area contributed by atoms with Crippen LogP contribution in [0, 0.1) is 6.42 Å². The largest absolute Gasteiger partial charge is 0.0623 e. The van der Waals surface area contributed by atoms with Gasteiger partial charge in [-0.1, -0.05) is 48.3 Å². The smallest absolute Gasteiger partial charge is 0.0210 e. The number of aryl methyl sites for hydroxylation is 1. The van der Waals surface area contributed by atoms with Crippen LogP contribution in [0.2, 0.25) is 0 Å². The molecule has 0 atom stereocenters. The molecule has 0 fully saturated rings. The predicted molar refractivity (Wildman–Crippen MR) is 66.4 cm³/mol. The lowest BCUT2D eigenvalue weighted by atomic mass is 10.00. The zero-order valence-electron chi connectivity index (χ0n) is 9.02. The molecular weight excluding hydrogens is 236 g/mol. The van der Waals surface area contributed by atoms with E-state index < -0.39 is 0 Å². The van der Waals surface area contributed by atoms with Crippen molar-refractivity contribution in [3.05, 3.63) is 40.2 Å². The second-order valence-corrected chi connectivity index (χ2v) is 4.39. The molecule has 0 aliphatic carbocycles. The quantitative estimate of drug-likeness (QED) is 0.676. The van der Waals surface area contributed by atoms with Crippen molar-refractivity contribution >= 4 is 15.9 Å². The number of hydrogen-bond donors (Lipinski definition) is 0. The summed E-state index contributed by atoms with van der Waals surface area (Å²) in [6, 6.07) is 6.50. The van der Waals surface area contributed by atoms with Crippen LogP contribution in [0.5, 0.6) is 0 Å². The Balaban J connectivity index is 2.72. The molecule has 0 nitrogen and oxygen atoms in total. The molecule has 0 aliphatic rings. The molecule has 0 saturated heterocycles. The maximum absolute atomic E-state index is 3.63. The normalized spacial score (nSPS) is 10.5. The molecule has 1 aromatic rings. The van der Waals surface area contributed by atoms with Crippen LogP contribution in [0.25, 0.3) is 0 Å². The number of halogens is 1. The lowest BCUT2D eigenvalue weighted by molar-refractivity contribution is 0.796. The molecule has 0 heterocycles. The molecule has 0 bridgehead atoms. The number of benzene rings is 1. The van der Waals surface area contributed by atoms with Gasteiger partial charge in [0, 0.05) is 4.47 Å². The van der Waals surface area contributed by atoms with Crippen molar-refractivity contribution < 1.29 is 0 Å². The molecule has 0 saturated carbocycles. The second kappa shape index (κ2) is 6.23. The van der Waals surface area contributed by atoms with Crippen molar-refractivity contribution in [2.24, 2.45) is 0 Å². The fourth-order valence-electron chi connectivity index (χ4n) is 1.70. The first kappa shape index (κ1) is 11.8. The van der Waals surface area contributed by atoms with E-state index in [4.69, 9.17) is 0 Å². The van der Waals surface area contributed by atoms with Crippen LogP contribution in [0.15, 0.2) is 22.7 Å². The van der Waals surface area contributed by atoms with Crippen molar-refractivity contribution in [2.45, 2.75) is 39.5 Å². The highest BCUT2D eigenvalue weighted by atomic mass is 79.9. The van der Waals surface area contributed by atoms with Gasteiger partial charge in [0.2, 0.25) is 0 Å². The summed E-state index contributed by atoms with van der Waals surface area (Å²) in [5.74, 6) is 0. The molecular formula is C13H18Br. The highest BCUT2D eigenvalue weighted by molar-refractivity contribution is 9.10. The third kappa shape index (κ3) is 3.13. The third-order valence-electron chi connectivity index (χ3n) is 2.52. The standard InChI is InChI=1S/C13H18Br/c1-3-5-6-9-12-11(4-2)8-7-10-13(12)14/h3,7-8,10H,4-6,9H2,1-2H3. The summed E-state index contributed by atoms with van der Waals surface area (Å²) < 4.78 is 1.27. The van der Waals surface area contributed by atoms with E-state index in [1.165, 1.54) is 34.9 Å². The first-order chi connectivity index (χ1) is 6.79. The van der Waals surface area contributed by atoms with Crippen LogP contribution in [0.3, 0.4) is 0 Å². The van der Waals surface area contributed by atoms with E-state index in [9.17, 15) is 0 Å². The van der Waals surface area contributed by atoms with Crippen LogP contribution in [0.1, 0.15) is 37.8 Å². The van der Waals surface area contributed by atoms with Gasteiger partial charge in [-0.05, 0) is 42.9 Å². The van der Waals surface area contributed by atoms with Crippen molar-refractivity contribution in [1.29, 1.82) is 0 Å². The third-order valence-corrected chi connectivity index (χ3v) is 3.26. The minimum Gasteiger partial charge on any atom is -0.0623 e. The van der Waals surface area contributed by atoms with Gasteiger partial charge in [-0.2, -0.15) is 0 Å². The SMILES string of the molecule is C[CH]CCCc1c(Br)cccc1CC. The average molecular weight is 254 g/mol. The molecule has 1 rings (SSSR count). The van der Waals surface area contributed by atoms with E-state index in [0.717, 1.165) is 6.42 Å². The molecule has 0 aromatic heterocycles. The fourth-order valence-corrected chi connectivity index (χ4v) is 2.30. The van der Waals surface area contributed by atoms with Gasteiger partial charge in [0.25, 0.3) is 0 Å². The van der Waals surface area contributed by atoms with Crippen LogP contribution in [-0.4, -0.2) is 0 Å². The lowest BCUT2D eigenvalue weighted by Gasteiger charge is -2.09. The summed E-state index contributed by atoms with van der Waals surface area (Å²) in [6.45, 7) is 4.35. The van der Waals surface area contributed by atoms with Crippen LogP contribution in [0.4, 0.5) is 0 Å². The minimum atomic E-state index is 1.13. The zero-order chi connectivity index (χ0) is 10.4. The fraction of sp³-hybridized carbons (Fsp3) is 0.462. The summed E-state index contributed by atoms with van der Waals surface area (Å²) in [5, 5.41) is 0. The van der Waals surface area contributed by atoms with Crippen molar-refractivity contribution in [2.75, 3.05) is 0 Å². The van der Waals surface area contributed by atoms with E-state index >= 15 is 0 Å². The maximum Gasteiger partial charge on any atom is 0.0210 e. The highest BCUT2D eigenvalue weighted by Crippen LogP contribution is 2.23. The molecule has 0 aliphatic heterocycles. The molecule has 0 spiro atoms. The summed E-state index contributed by atoms with van der Waals surface area (Å²) >= 11 is 3.63. The molecule has 0 unspecified atom stereocenters. The van der Waals surface area contributed by atoms with Crippen molar-refractivity contribution in [3.63, 3.8) is 0 Å². The first-order valence-electron chi connectivity index (χ1n) is 5.33. The molecule has 77 valence electrons. The van der Waals surface area contributed by atoms with E-state index in [0.29, 0.717) is 0 Å². The molecule has 1 aromatic carbocycles. The summed E-state index contributed by atoms with van der Waals surface area (Å²) in [7, 11) is 0. The van der Waals surface area contributed by atoms with Crippen LogP contribution >= 0.6 is 15.9 Å². The number of unbranched alkanes of at least 4 members (excludes halogenated alkanes) is 2. The van der Waals surface area contributed by atoms with Gasteiger partial charge in [0.15, 0.2) is 0 Å². The van der Waals surface area contributed by atoms with Gasteiger partial charge in [-0.3, -0.25) is 0 Å². The van der Waals surface area contributed by atoms with Gasteiger partial charge >= 0.3 is 0 Å². The van der Waals surface area contributed by atoms with Gasteiger partial charge in [-0.15, -0.1) is 0 Å². The van der Waals surface area contributed by atoms with Crippen molar-refractivity contribution in [1.82, 2.24) is 0 Å². The average Bonchev–Trinajstić information content (AvgIpc) is 2.20. The van der Waals surface area contributed by atoms with Gasteiger partial charge < -0.3 is 0 Å². The number of hydrogen-bond acceptors (Lipinski definition) is 0. The Labute approximate surface area is 95.9 Å². The van der Waals surface area contributed by atoms with E-state index in [-0.39, 0.29) is 0 Å². The maximum atomic E-state index is 3.63. The Kier molecular flexibility index (Phi) is 5.24. The Morgan fingerprint density at radius 1 is 1.36 bits per heavy atom. The lowest BCUT2D eigenvalue weighted by Crippen LogP contribution is -1.94. The summed E-state index contributed by atoms with van der Waals surface area (Å²) in [5.41, 5.74) is 2.98. The molecule has 14 heavy (non-hydrogen) atoms. The zero-order valence-corrected chi connectivity index (χ0v) is 10.6. The molecule has 0 N–H and O–H groups in total. The van der Waals surface area contributed by atoms with Gasteiger partial charge in [-0.25, -0.2) is 0 Å². The van der Waals surface area contributed by atoms with Crippen LogP contribution < -0.4 is 0 Å². The summed E-state index contributed by atoms with van der Waals surface area (Å²) in [4.78, 5) is 0. The Hall–Kier alpha value is -0.300.